The highest BCUT2D eigenvalue weighted by atomic mass is 16.3. The molecule has 1 saturated heterocycles. The van der Waals surface area contributed by atoms with Gasteiger partial charge in [0, 0.05) is 18.6 Å². The van der Waals surface area contributed by atoms with E-state index in [0.717, 1.165) is 13.1 Å². The quantitative estimate of drug-likeness (QED) is 0.580. The molecular formula is C10H22N2O. The van der Waals surface area contributed by atoms with Gasteiger partial charge in [0.15, 0.2) is 0 Å². The zero-order valence-corrected chi connectivity index (χ0v) is 8.71. The maximum Gasteiger partial charge on any atom is 0.0587 e. The van der Waals surface area contributed by atoms with Gasteiger partial charge in [-0.2, -0.15) is 0 Å². The molecule has 0 aliphatic carbocycles. The minimum Gasteiger partial charge on any atom is -0.395 e. The number of aliphatic hydroxyl groups is 1. The van der Waals surface area contributed by atoms with Crippen molar-refractivity contribution >= 4 is 0 Å². The van der Waals surface area contributed by atoms with Crippen molar-refractivity contribution in [1.82, 2.24) is 10.6 Å². The normalized spacial score (nSPS) is 25.4. The predicted octanol–water partition coefficient (Wildman–Crippen LogP) is 0.345. The number of nitrogens with one attached hydrogen (secondary N) is 2. The fourth-order valence-electron chi connectivity index (χ4n) is 1.74. The van der Waals surface area contributed by atoms with E-state index in [1.807, 2.05) is 0 Å². The van der Waals surface area contributed by atoms with Crippen LogP contribution in [0.4, 0.5) is 0 Å². The molecule has 0 spiro atoms. The molecule has 3 heteroatoms. The predicted molar refractivity (Wildman–Crippen MR) is 54.7 cm³/mol. The van der Waals surface area contributed by atoms with Crippen LogP contribution in [0, 0.1) is 5.92 Å². The smallest absolute Gasteiger partial charge is 0.0587 e. The van der Waals surface area contributed by atoms with Gasteiger partial charge in [-0.15, -0.1) is 0 Å². The van der Waals surface area contributed by atoms with Crippen molar-refractivity contribution in [1.29, 1.82) is 0 Å². The van der Waals surface area contributed by atoms with Gasteiger partial charge in [-0.1, -0.05) is 13.8 Å². The van der Waals surface area contributed by atoms with E-state index < -0.39 is 0 Å². The molecule has 13 heavy (non-hydrogen) atoms. The maximum atomic E-state index is 9.09. The maximum absolute atomic E-state index is 9.09. The number of aliphatic hydroxyl groups excluding tert-OH is 1. The number of rotatable bonds is 5. The van der Waals surface area contributed by atoms with Crippen LogP contribution in [0.3, 0.4) is 0 Å². The number of hydrogen-bond donors (Lipinski definition) is 3. The molecule has 0 aromatic heterocycles. The molecule has 78 valence electrons. The lowest BCUT2D eigenvalue weighted by Crippen LogP contribution is -2.43. The van der Waals surface area contributed by atoms with Crippen LogP contribution in [-0.4, -0.2) is 36.9 Å². The lowest BCUT2D eigenvalue weighted by Gasteiger charge is -2.22. The Kier molecular flexibility index (Phi) is 4.70. The van der Waals surface area contributed by atoms with Gasteiger partial charge < -0.3 is 15.7 Å². The third-order valence-electron chi connectivity index (χ3n) is 2.79. The fourth-order valence-corrected chi connectivity index (χ4v) is 1.74. The second-order valence-electron chi connectivity index (χ2n) is 4.23. The summed E-state index contributed by atoms with van der Waals surface area (Å²) in [6.45, 7) is 6.65. The minimum absolute atomic E-state index is 0.240. The minimum atomic E-state index is 0.240. The SMILES string of the molecule is CC(C)C(CO)NCC1CCCN1. The Labute approximate surface area is 80.9 Å². The highest BCUT2D eigenvalue weighted by Gasteiger charge is 2.17. The van der Waals surface area contributed by atoms with Crippen molar-refractivity contribution in [3.8, 4) is 0 Å². The Morgan fingerprint density at radius 1 is 1.54 bits per heavy atom. The van der Waals surface area contributed by atoms with Gasteiger partial charge in [0.2, 0.25) is 0 Å². The third kappa shape index (κ3) is 3.63. The van der Waals surface area contributed by atoms with Crippen molar-refractivity contribution in [2.45, 2.75) is 38.8 Å². The summed E-state index contributed by atoms with van der Waals surface area (Å²) >= 11 is 0. The summed E-state index contributed by atoms with van der Waals surface area (Å²) in [5.41, 5.74) is 0. The van der Waals surface area contributed by atoms with Crippen molar-refractivity contribution < 1.29 is 5.11 Å². The van der Waals surface area contributed by atoms with Gasteiger partial charge in [0.05, 0.1) is 6.61 Å². The first-order valence-corrected chi connectivity index (χ1v) is 5.31. The summed E-state index contributed by atoms with van der Waals surface area (Å²) in [6, 6.07) is 0.871. The van der Waals surface area contributed by atoms with Crippen LogP contribution in [0.15, 0.2) is 0 Å². The zero-order chi connectivity index (χ0) is 9.68. The number of hydrogen-bond acceptors (Lipinski definition) is 3. The highest BCUT2D eigenvalue weighted by molar-refractivity contribution is 4.79. The Balaban J connectivity index is 2.15. The molecule has 0 saturated carbocycles. The van der Waals surface area contributed by atoms with Gasteiger partial charge in [-0.25, -0.2) is 0 Å². The van der Waals surface area contributed by atoms with Crippen molar-refractivity contribution in [3.05, 3.63) is 0 Å². The fraction of sp³-hybridized carbons (Fsp3) is 1.00. The average Bonchev–Trinajstić information content (AvgIpc) is 2.57. The second kappa shape index (κ2) is 5.58. The molecule has 0 amide bonds. The molecule has 0 bridgehead atoms. The molecule has 2 atom stereocenters. The molecule has 3 nitrogen and oxygen atoms in total. The van der Waals surface area contributed by atoms with E-state index in [0.29, 0.717) is 12.0 Å². The molecule has 1 aliphatic heterocycles. The molecule has 0 radical (unpaired) electrons. The lowest BCUT2D eigenvalue weighted by atomic mass is 10.1. The van der Waals surface area contributed by atoms with E-state index in [9.17, 15) is 0 Å². The highest BCUT2D eigenvalue weighted by Crippen LogP contribution is 2.05. The molecular weight excluding hydrogens is 164 g/mol. The summed E-state index contributed by atoms with van der Waals surface area (Å²) in [4.78, 5) is 0. The molecule has 1 aliphatic rings. The van der Waals surface area contributed by atoms with Crippen LogP contribution < -0.4 is 10.6 Å². The zero-order valence-electron chi connectivity index (χ0n) is 8.71. The van der Waals surface area contributed by atoms with Crippen molar-refractivity contribution in [2.24, 2.45) is 5.92 Å². The van der Waals surface area contributed by atoms with Gasteiger partial charge in [-0.3, -0.25) is 0 Å². The molecule has 0 aromatic carbocycles. The third-order valence-corrected chi connectivity index (χ3v) is 2.79. The first kappa shape index (κ1) is 11.0. The summed E-state index contributed by atoms with van der Waals surface area (Å²) in [6.07, 6.45) is 2.56. The summed E-state index contributed by atoms with van der Waals surface area (Å²) < 4.78 is 0. The van der Waals surface area contributed by atoms with E-state index in [1.54, 1.807) is 0 Å². The molecule has 3 N–H and O–H groups in total. The molecule has 0 aromatic rings. The van der Waals surface area contributed by atoms with Crippen LogP contribution in [0.1, 0.15) is 26.7 Å². The summed E-state index contributed by atoms with van der Waals surface area (Å²) in [5, 5.41) is 15.9. The molecule has 1 fully saturated rings. The first-order chi connectivity index (χ1) is 6.24. The molecule has 1 rings (SSSR count). The van der Waals surface area contributed by atoms with Gasteiger partial charge in [0.1, 0.15) is 0 Å². The lowest BCUT2D eigenvalue weighted by molar-refractivity contribution is 0.208. The van der Waals surface area contributed by atoms with E-state index in [-0.39, 0.29) is 12.6 Å². The van der Waals surface area contributed by atoms with Crippen LogP contribution in [0.25, 0.3) is 0 Å². The summed E-state index contributed by atoms with van der Waals surface area (Å²) in [7, 11) is 0. The summed E-state index contributed by atoms with van der Waals surface area (Å²) in [5.74, 6) is 0.506. The van der Waals surface area contributed by atoms with Crippen LogP contribution >= 0.6 is 0 Å². The Morgan fingerprint density at radius 2 is 2.31 bits per heavy atom. The van der Waals surface area contributed by atoms with Crippen molar-refractivity contribution in [3.63, 3.8) is 0 Å². The van der Waals surface area contributed by atoms with E-state index in [4.69, 9.17) is 5.11 Å². The van der Waals surface area contributed by atoms with Gasteiger partial charge >= 0.3 is 0 Å². The second-order valence-corrected chi connectivity index (χ2v) is 4.23. The van der Waals surface area contributed by atoms with Crippen LogP contribution in [0.5, 0.6) is 0 Å². The van der Waals surface area contributed by atoms with E-state index in [2.05, 4.69) is 24.5 Å². The van der Waals surface area contributed by atoms with E-state index >= 15 is 0 Å². The molecule has 2 unspecified atom stereocenters. The average molecular weight is 186 g/mol. The first-order valence-electron chi connectivity index (χ1n) is 5.31. The topological polar surface area (TPSA) is 44.3 Å². The van der Waals surface area contributed by atoms with Crippen molar-refractivity contribution in [2.75, 3.05) is 19.7 Å². The monoisotopic (exact) mass is 186 g/mol. The Hall–Kier alpha value is -0.120. The van der Waals surface area contributed by atoms with Gasteiger partial charge in [-0.05, 0) is 25.3 Å². The van der Waals surface area contributed by atoms with E-state index in [1.165, 1.54) is 12.8 Å². The van der Waals surface area contributed by atoms with Crippen LogP contribution in [0.2, 0.25) is 0 Å². The van der Waals surface area contributed by atoms with Crippen LogP contribution in [-0.2, 0) is 0 Å². The standard InChI is InChI=1S/C10H22N2O/c1-8(2)10(7-13)12-6-9-4-3-5-11-9/h8-13H,3-7H2,1-2H3. The largest absolute Gasteiger partial charge is 0.395 e. The Morgan fingerprint density at radius 3 is 2.77 bits per heavy atom. The van der Waals surface area contributed by atoms with Gasteiger partial charge in [0.25, 0.3) is 0 Å². The Bertz CT molecular complexity index is 133. The molecule has 1 heterocycles.